The molecule has 0 aliphatic rings. The normalized spacial score (nSPS) is 10.7. The lowest BCUT2D eigenvalue weighted by Crippen LogP contribution is -2.41. The summed E-state index contributed by atoms with van der Waals surface area (Å²) in [5.41, 5.74) is 7.72. The Bertz CT molecular complexity index is 1330. The first-order valence-electron chi connectivity index (χ1n) is 10.9. The van der Waals surface area contributed by atoms with Crippen LogP contribution in [-0.2, 0) is 6.54 Å². The third-order valence-corrected chi connectivity index (χ3v) is 5.24. The van der Waals surface area contributed by atoms with E-state index in [1.165, 1.54) is 7.11 Å². The maximum Gasteiger partial charge on any atom is 0.270 e. The van der Waals surface area contributed by atoms with Crippen molar-refractivity contribution < 1.29 is 19.1 Å². The summed E-state index contributed by atoms with van der Waals surface area (Å²) in [6.45, 7) is 4.89. The van der Waals surface area contributed by atoms with Gasteiger partial charge in [-0.15, -0.1) is 0 Å². The van der Waals surface area contributed by atoms with Gasteiger partial charge in [0.15, 0.2) is 17.1 Å². The van der Waals surface area contributed by atoms with E-state index < -0.39 is 11.8 Å². The second-order valence-corrected chi connectivity index (χ2v) is 7.33. The molecule has 0 aliphatic heterocycles. The van der Waals surface area contributed by atoms with Crippen LogP contribution in [0, 0.1) is 0 Å². The van der Waals surface area contributed by atoms with E-state index in [4.69, 9.17) is 14.5 Å². The van der Waals surface area contributed by atoms with Gasteiger partial charge in [-0.05, 0) is 38.1 Å². The van der Waals surface area contributed by atoms with Crippen molar-refractivity contribution in [1.82, 2.24) is 25.6 Å². The van der Waals surface area contributed by atoms with E-state index in [1.54, 1.807) is 35.1 Å². The molecule has 4 rings (SSSR count). The van der Waals surface area contributed by atoms with Crippen molar-refractivity contribution in [3.8, 4) is 22.8 Å². The number of nitrogens with one attached hydrogen (secondary N) is 2. The predicted molar refractivity (Wildman–Crippen MR) is 128 cm³/mol. The molecule has 0 saturated heterocycles. The Kier molecular flexibility index (Phi) is 6.72. The number of hydrogen-bond acceptors (Lipinski definition) is 6. The standard InChI is InChI=1S/C25H25N5O4/c1-4-30-23-19(15-26-30)18(14-20(27-23)16-9-7-6-8-10-16)25(32)29-28-24(31)17-11-12-21(34-5-2)22(13-17)33-3/h6-15H,4-5H2,1-3H3,(H,28,31)(H,29,32). The van der Waals surface area contributed by atoms with E-state index in [-0.39, 0.29) is 0 Å². The molecule has 2 amide bonds. The minimum Gasteiger partial charge on any atom is -0.493 e. The van der Waals surface area contributed by atoms with Crippen molar-refractivity contribution in [2.45, 2.75) is 20.4 Å². The maximum atomic E-state index is 13.1. The third kappa shape index (κ3) is 4.54. The molecule has 0 fully saturated rings. The molecule has 0 bridgehead atoms. The first-order chi connectivity index (χ1) is 16.5. The highest BCUT2D eigenvalue weighted by Crippen LogP contribution is 2.28. The smallest absolute Gasteiger partial charge is 0.270 e. The van der Waals surface area contributed by atoms with E-state index in [9.17, 15) is 9.59 Å². The van der Waals surface area contributed by atoms with Crippen LogP contribution in [0.3, 0.4) is 0 Å². The molecule has 2 N–H and O–H groups in total. The fraction of sp³-hybridized carbons (Fsp3) is 0.200. The van der Waals surface area contributed by atoms with Crippen LogP contribution in [0.4, 0.5) is 0 Å². The summed E-state index contributed by atoms with van der Waals surface area (Å²) in [5, 5.41) is 4.93. The minimum atomic E-state index is -0.493. The summed E-state index contributed by atoms with van der Waals surface area (Å²) in [4.78, 5) is 30.5. The van der Waals surface area contributed by atoms with E-state index in [0.29, 0.717) is 52.5 Å². The zero-order valence-corrected chi connectivity index (χ0v) is 19.2. The number of amides is 2. The van der Waals surface area contributed by atoms with Crippen LogP contribution in [0.2, 0.25) is 0 Å². The number of hydrogen-bond donors (Lipinski definition) is 2. The highest BCUT2D eigenvalue weighted by Gasteiger charge is 2.18. The Labute approximate surface area is 196 Å². The number of carbonyl (C=O) groups excluding carboxylic acids is 2. The molecular weight excluding hydrogens is 434 g/mol. The highest BCUT2D eigenvalue weighted by atomic mass is 16.5. The predicted octanol–water partition coefficient (Wildman–Crippen LogP) is 3.60. The number of fused-ring (bicyclic) bond motifs is 1. The number of benzene rings is 2. The minimum absolute atomic E-state index is 0.309. The Morgan fingerprint density at radius 1 is 0.971 bits per heavy atom. The number of pyridine rings is 1. The second kappa shape index (κ2) is 10.0. The summed E-state index contributed by atoms with van der Waals surface area (Å²) in [7, 11) is 1.50. The van der Waals surface area contributed by atoms with Gasteiger partial charge in [0.25, 0.3) is 11.8 Å². The molecule has 174 valence electrons. The first-order valence-corrected chi connectivity index (χ1v) is 10.9. The summed E-state index contributed by atoms with van der Waals surface area (Å²) in [6.07, 6.45) is 1.61. The van der Waals surface area contributed by atoms with Gasteiger partial charge in [0, 0.05) is 17.7 Å². The molecule has 2 aromatic heterocycles. The number of methoxy groups -OCH3 is 1. The van der Waals surface area contributed by atoms with Crippen molar-refractivity contribution in [3.63, 3.8) is 0 Å². The molecule has 2 aromatic carbocycles. The van der Waals surface area contributed by atoms with E-state index in [0.717, 1.165) is 5.56 Å². The Morgan fingerprint density at radius 2 is 1.74 bits per heavy atom. The van der Waals surface area contributed by atoms with Crippen LogP contribution < -0.4 is 20.3 Å². The van der Waals surface area contributed by atoms with Gasteiger partial charge in [0.2, 0.25) is 0 Å². The Morgan fingerprint density at radius 3 is 2.44 bits per heavy atom. The van der Waals surface area contributed by atoms with Gasteiger partial charge in [-0.25, -0.2) is 9.67 Å². The maximum absolute atomic E-state index is 13.1. The van der Waals surface area contributed by atoms with E-state index in [2.05, 4.69) is 16.0 Å². The van der Waals surface area contributed by atoms with Gasteiger partial charge in [-0.3, -0.25) is 20.4 Å². The summed E-state index contributed by atoms with van der Waals surface area (Å²) in [6, 6.07) is 16.1. The summed E-state index contributed by atoms with van der Waals surface area (Å²) in [5.74, 6) is -0.0127. The SMILES string of the molecule is CCOc1ccc(C(=O)NNC(=O)c2cc(-c3ccccc3)nc3c2cnn3CC)cc1OC. The first kappa shape index (κ1) is 22.8. The van der Waals surface area contributed by atoms with Gasteiger partial charge < -0.3 is 9.47 Å². The van der Waals surface area contributed by atoms with Crippen molar-refractivity contribution in [1.29, 1.82) is 0 Å². The molecule has 0 atom stereocenters. The van der Waals surface area contributed by atoms with Gasteiger partial charge in [-0.2, -0.15) is 5.10 Å². The Hall–Kier alpha value is -4.40. The molecule has 0 aliphatic carbocycles. The van der Waals surface area contributed by atoms with Gasteiger partial charge in [0.1, 0.15) is 0 Å². The molecule has 0 unspecified atom stereocenters. The molecule has 34 heavy (non-hydrogen) atoms. The number of hydrazine groups is 1. The Balaban J connectivity index is 1.59. The lowest BCUT2D eigenvalue weighted by atomic mass is 10.1. The monoisotopic (exact) mass is 459 g/mol. The molecule has 9 heteroatoms. The third-order valence-electron chi connectivity index (χ3n) is 5.24. The largest absolute Gasteiger partial charge is 0.493 e. The average molecular weight is 460 g/mol. The van der Waals surface area contributed by atoms with Crippen LogP contribution in [0.15, 0.2) is 60.8 Å². The number of rotatable bonds is 7. The number of ether oxygens (including phenoxy) is 2. The molecule has 0 saturated carbocycles. The quantitative estimate of drug-likeness (QED) is 0.409. The number of nitrogens with zero attached hydrogens (tertiary/aromatic N) is 3. The van der Waals surface area contributed by atoms with E-state index in [1.807, 2.05) is 44.2 Å². The molecule has 2 heterocycles. The van der Waals surface area contributed by atoms with Crippen molar-refractivity contribution >= 4 is 22.8 Å². The molecule has 0 radical (unpaired) electrons. The molecule has 4 aromatic rings. The second-order valence-electron chi connectivity index (χ2n) is 7.33. The summed E-state index contributed by atoms with van der Waals surface area (Å²) < 4.78 is 12.5. The molecular formula is C25H25N5O4. The van der Waals surface area contributed by atoms with Crippen LogP contribution in [0.5, 0.6) is 11.5 Å². The number of aryl methyl sites for hydroxylation is 1. The fourth-order valence-electron chi connectivity index (χ4n) is 3.56. The van der Waals surface area contributed by atoms with Crippen LogP contribution in [0.1, 0.15) is 34.6 Å². The van der Waals surface area contributed by atoms with Gasteiger partial charge >= 0.3 is 0 Å². The van der Waals surface area contributed by atoms with Crippen LogP contribution in [-0.4, -0.2) is 40.3 Å². The zero-order valence-electron chi connectivity index (χ0n) is 19.2. The van der Waals surface area contributed by atoms with Crippen molar-refractivity contribution in [3.05, 3.63) is 71.9 Å². The lowest BCUT2D eigenvalue weighted by Gasteiger charge is -2.12. The summed E-state index contributed by atoms with van der Waals surface area (Å²) >= 11 is 0. The average Bonchev–Trinajstić information content (AvgIpc) is 3.30. The van der Waals surface area contributed by atoms with Crippen LogP contribution in [0.25, 0.3) is 22.3 Å². The van der Waals surface area contributed by atoms with E-state index >= 15 is 0 Å². The highest BCUT2D eigenvalue weighted by molar-refractivity contribution is 6.07. The van der Waals surface area contributed by atoms with Crippen LogP contribution >= 0.6 is 0 Å². The fourth-order valence-corrected chi connectivity index (χ4v) is 3.56. The van der Waals surface area contributed by atoms with Crippen molar-refractivity contribution in [2.24, 2.45) is 0 Å². The molecule has 9 nitrogen and oxygen atoms in total. The van der Waals surface area contributed by atoms with Gasteiger partial charge in [-0.1, -0.05) is 30.3 Å². The lowest BCUT2D eigenvalue weighted by molar-refractivity contribution is 0.0847. The molecule has 0 spiro atoms. The topological polar surface area (TPSA) is 107 Å². The van der Waals surface area contributed by atoms with Crippen molar-refractivity contribution in [2.75, 3.05) is 13.7 Å². The number of carbonyl (C=O) groups is 2. The number of aromatic nitrogens is 3. The van der Waals surface area contributed by atoms with Gasteiger partial charge in [0.05, 0.1) is 36.6 Å². The zero-order chi connectivity index (χ0) is 24.1.